The highest BCUT2D eigenvalue weighted by atomic mass is 79.9. The van der Waals surface area contributed by atoms with Crippen LogP contribution in [0.4, 0.5) is 0 Å². The number of nitrogens with one attached hydrogen (secondary N) is 1. The van der Waals surface area contributed by atoms with Crippen molar-refractivity contribution in [3.05, 3.63) is 68.7 Å². The Bertz CT molecular complexity index is 566. The van der Waals surface area contributed by atoms with Gasteiger partial charge in [0.05, 0.1) is 11.1 Å². The Morgan fingerprint density at radius 2 is 1.80 bits per heavy atom. The highest BCUT2D eigenvalue weighted by Crippen LogP contribution is 2.33. The van der Waals surface area contributed by atoms with Crippen LogP contribution < -0.4 is 5.32 Å². The molecule has 0 saturated heterocycles. The predicted octanol–water partition coefficient (Wildman–Crippen LogP) is 5.36. The molecule has 0 aliphatic heterocycles. The Morgan fingerprint density at radius 3 is 2.40 bits per heavy atom. The molecule has 1 N–H and O–H groups in total. The van der Waals surface area contributed by atoms with Crippen LogP contribution >= 0.6 is 27.5 Å². The first-order valence-corrected chi connectivity index (χ1v) is 8.10. The molecule has 0 heterocycles. The highest BCUT2D eigenvalue weighted by molar-refractivity contribution is 9.10. The number of rotatable bonds is 5. The van der Waals surface area contributed by atoms with Gasteiger partial charge in [0.15, 0.2) is 0 Å². The van der Waals surface area contributed by atoms with Gasteiger partial charge in [-0.05, 0) is 51.7 Å². The summed E-state index contributed by atoms with van der Waals surface area (Å²) in [5.41, 5.74) is 3.69. The maximum absolute atomic E-state index is 6.45. The van der Waals surface area contributed by atoms with E-state index in [1.165, 1.54) is 11.1 Å². The van der Waals surface area contributed by atoms with E-state index in [0.717, 1.165) is 28.0 Å². The lowest BCUT2D eigenvalue weighted by Crippen LogP contribution is -2.22. The van der Waals surface area contributed by atoms with Crippen molar-refractivity contribution in [2.75, 3.05) is 6.54 Å². The van der Waals surface area contributed by atoms with Crippen molar-refractivity contribution >= 4 is 27.5 Å². The standard InChI is InChI=1S/C17H19BrClN/c1-3-12-8-10-13(11-9-12)17(20-4-2)14-6-5-7-15(18)16(14)19/h5-11,17,20H,3-4H2,1-2H3. The van der Waals surface area contributed by atoms with Crippen LogP contribution in [-0.4, -0.2) is 6.54 Å². The molecule has 0 aromatic heterocycles. The predicted molar refractivity (Wildman–Crippen MR) is 90.5 cm³/mol. The molecule has 0 bridgehead atoms. The first-order chi connectivity index (χ1) is 9.67. The Kier molecular flexibility index (Phi) is 5.64. The lowest BCUT2D eigenvalue weighted by molar-refractivity contribution is 0.630. The fourth-order valence-electron chi connectivity index (χ4n) is 2.30. The third-order valence-electron chi connectivity index (χ3n) is 3.42. The van der Waals surface area contributed by atoms with Gasteiger partial charge in [-0.25, -0.2) is 0 Å². The maximum atomic E-state index is 6.45. The van der Waals surface area contributed by atoms with E-state index in [1.807, 2.05) is 12.1 Å². The van der Waals surface area contributed by atoms with Gasteiger partial charge in [0.1, 0.15) is 0 Å². The molecule has 1 nitrogen and oxygen atoms in total. The van der Waals surface area contributed by atoms with Gasteiger partial charge >= 0.3 is 0 Å². The number of aryl methyl sites for hydroxylation is 1. The summed E-state index contributed by atoms with van der Waals surface area (Å²) in [4.78, 5) is 0. The van der Waals surface area contributed by atoms with Crippen molar-refractivity contribution < 1.29 is 0 Å². The van der Waals surface area contributed by atoms with Gasteiger partial charge < -0.3 is 5.32 Å². The number of hydrogen-bond donors (Lipinski definition) is 1. The fraction of sp³-hybridized carbons (Fsp3) is 0.294. The third kappa shape index (κ3) is 3.43. The van der Waals surface area contributed by atoms with Crippen molar-refractivity contribution in [1.29, 1.82) is 0 Å². The number of benzene rings is 2. The summed E-state index contributed by atoms with van der Waals surface area (Å²) in [5.74, 6) is 0. The second kappa shape index (κ2) is 7.26. The molecule has 2 aromatic rings. The van der Waals surface area contributed by atoms with Crippen LogP contribution in [0.15, 0.2) is 46.9 Å². The largest absolute Gasteiger partial charge is 0.306 e. The Labute approximate surface area is 134 Å². The number of hydrogen-bond acceptors (Lipinski definition) is 1. The van der Waals surface area contributed by atoms with Crippen molar-refractivity contribution in [3.8, 4) is 0 Å². The topological polar surface area (TPSA) is 12.0 Å². The molecular weight excluding hydrogens is 334 g/mol. The average Bonchev–Trinajstić information content (AvgIpc) is 2.48. The monoisotopic (exact) mass is 351 g/mol. The van der Waals surface area contributed by atoms with Crippen molar-refractivity contribution in [2.24, 2.45) is 0 Å². The molecular formula is C17H19BrClN. The Morgan fingerprint density at radius 1 is 1.10 bits per heavy atom. The van der Waals surface area contributed by atoms with Crippen molar-refractivity contribution in [2.45, 2.75) is 26.3 Å². The highest BCUT2D eigenvalue weighted by Gasteiger charge is 2.17. The van der Waals surface area contributed by atoms with Crippen LogP contribution in [0.3, 0.4) is 0 Å². The van der Waals surface area contributed by atoms with E-state index < -0.39 is 0 Å². The number of halogens is 2. The van der Waals surface area contributed by atoms with Gasteiger partial charge in [0.25, 0.3) is 0 Å². The van der Waals surface area contributed by atoms with Gasteiger partial charge in [-0.1, -0.05) is 61.8 Å². The van der Waals surface area contributed by atoms with Gasteiger partial charge in [0, 0.05) is 4.47 Å². The summed E-state index contributed by atoms with van der Waals surface area (Å²) in [5, 5.41) is 4.29. The van der Waals surface area contributed by atoms with E-state index in [2.05, 4.69) is 65.4 Å². The second-order valence-corrected chi connectivity index (χ2v) is 5.96. The van der Waals surface area contributed by atoms with E-state index in [-0.39, 0.29) is 6.04 Å². The molecule has 0 aliphatic carbocycles. The molecule has 0 fully saturated rings. The van der Waals surface area contributed by atoms with Crippen LogP contribution in [0.5, 0.6) is 0 Å². The molecule has 20 heavy (non-hydrogen) atoms. The zero-order chi connectivity index (χ0) is 14.5. The smallest absolute Gasteiger partial charge is 0.0599 e. The maximum Gasteiger partial charge on any atom is 0.0599 e. The van der Waals surface area contributed by atoms with E-state index in [0.29, 0.717) is 0 Å². The lowest BCUT2D eigenvalue weighted by Gasteiger charge is -2.21. The lowest BCUT2D eigenvalue weighted by atomic mass is 9.97. The molecule has 1 unspecified atom stereocenters. The van der Waals surface area contributed by atoms with Crippen LogP contribution in [0.25, 0.3) is 0 Å². The third-order valence-corrected chi connectivity index (χ3v) is 4.73. The van der Waals surface area contributed by atoms with Gasteiger partial charge in [-0.3, -0.25) is 0 Å². The molecule has 3 heteroatoms. The molecule has 0 radical (unpaired) electrons. The molecule has 2 aromatic carbocycles. The van der Waals surface area contributed by atoms with Gasteiger partial charge in [-0.2, -0.15) is 0 Å². The molecule has 0 spiro atoms. The summed E-state index contributed by atoms with van der Waals surface area (Å²) >= 11 is 9.95. The van der Waals surface area contributed by atoms with Crippen LogP contribution in [0.1, 0.15) is 36.6 Å². The molecule has 2 rings (SSSR count). The molecule has 0 aliphatic rings. The zero-order valence-electron chi connectivity index (χ0n) is 11.8. The summed E-state index contributed by atoms with van der Waals surface area (Å²) in [6, 6.07) is 14.9. The Hall–Kier alpha value is -0.830. The first kappa shape index (κ1) is 15.6. The van der Waals surface area contributed by atoms with E-state index in [4.69, 9.17) is 11.6 Å². The summed E-state index contributed by atoms with van der Waals surface area (Å²) in [6.45, 7) is 5.17. The van der Waals surface area contributed by atoms with Gasteiger partial charge in [0.2, 0.25) is 0 Å². The van der Waals surface area contributed by atoms with Crippen molar-refractivity contribution in [1.82, 2.24) is 5.32 Å². The molecule has 0 amide bonds. The van der Waals surface area contributed by atoms with Crippen LogP contribution in [0.2, 0.25) is 5.02 Å². The van der Waals surface area contributed by atoms with Gasteiger partial charge in [-0.15, -0.1) is 0 Å². The fourth-order valence-corrected chi connectivity index (χ4v) is 2.92. The SMILES string of the molecule is CCNC(c1ccc(CC)cc1)c1cccc(Br)c1Cl. The van der Waals surface area contributed by atoms with E-state index in [1.54, 1.807) is 0 Å². The van der Waals surface area contributed by atoms with Crippen LogP contribution in [0, 0.1) is 0 Å². The van der Waals surface area contributed by atoms with Crippen LogP contribution in [-0.2, 0) is 6.42 Å². The zero-order valence-corrected chi connectivity index (χ0v) is 14.1. The van der Waals surface area contributed by atoms with E-state index in [9.17, 15) is 0 Å². The van der Waals surface area contributed by atoms with E-state index >= 15 is 0 Å². The average molecular weight is 353 g/mol. The minimum Gasteiger partial charge on any atom is -0.306 e. The van der Waals surface area contributed by atoms with Crippen molar-refractivity contribution in [3.63, 3.8) is 0 Å². The summed E-state index contributed by atoms with van der Waals surface area (Å²) in [6.07, 6.45) is 1.06. The quantitative estimate of drug-likeness (QED) is 0.763. The second-order valence-electron chi connectivity index (χ2n) is 4.73. The normalized spacial score (nSPS) is 12.4. The minimum atomic E-state index is 0.121. The minimum absolute atomic E-state index is 0.121. The summed E-state index contributed by atoms with van der Waals surface area (Å²) < 4.78 is 0.935. The first-order valence-electron chi connectivity index (χ1n) is 6.93. The Balaban J connectivity index is 2.41. The molecule has 1 atom stereocenters. The summed E-state index contributed by atoms with van der Waals surface area (Å²) in [7, 11) is 0. The molecule has 0 saturated carbocycles. The molecule has 106 valence electrons.